The fraction of sp³-hybridized carbons (Fsp3) is 0.875. The number of esters is 1. The highest BCUT2D eigenvalue weighted by atomic mass is 16.6. The van der Waals surface area contributed by atoms with Crippen molar-refractivity contribution in [3.05, 3.63) is 0 Å². The lowest BCUT2D eigenvalue weighted by Crippen LogP contribution is -2.39. The number of rotatable bonds is 9. The van der Waals surface area contributed by atoms with Gasteiger partial charge in [-0.15, -0.1) is 0 Å². The molecule has 1 aliphatic heterocycles. The van der Waals surface area contributed by atoms with Gasteiger partial charge in [-0.2, -0.15) is 0 Å². The van der Waals surface area contributed by atoms with E-state index in [1.807, 2.05) is 0 Å². The third-order valence-corrected chi connectivity index (χ3v) is 3.57. The Morgan fingerprint density at radius 1 is 1.23 bits per heavy atom. The second-order valence-corrected chi connectivity index (χ2v) is 6.16. The maximum Gasteiger partial charge on any atom is 0.335 e. The van der Waals surface area contributed by atoms with Gasteiger partial charge in [0, 0.05) is 13.2 Å². The van der Waals surface area contributed by atoms with E-state index in [1.54, 1.807) is 13.8 Å². The van der Waals surface area contributed by atoms with E-state index in [9.17, 15) is 9.59 Å². The van der Waals surface area contributed by atoms with Crippen molar-refractivity contribution >= 4 is 11.9 Å². The first-order valence-corrected chi connectivity index (χ1v) is 8.11. The van der Waals surface area contributed by atoms with Gasteiger partial charge in [-0.3, -0.25) is 4.79 Å². The molecule has 1 heterocycles. The van der Waals surface area contributed by atoms with Crippen molar-refractivity contribution in [1.29, 1.82) is 0 Å². The Kier molecular flexibility index (Phi) is 8.42. The fourth-order valence-corrected chi connectivity index (χ4v) is 2.05. The summed E-state index contributed by atoms with van der Waals surface area (Å²) in [6.07, 6.45) is 1.43. The molecular weight excluding hydrogens is 286 g/mol. The molecule has 0 aromatic carbocycles. The van der Waals surface area contributed by atoms with Crippen molar-refractivity contribution in [2.45, 2.75) is 65.3 Å². The molecule has 3 atom stereocenters. The Bertz CT molecular complexity index is 352. The van der Waals surface area contributed by atoms with Crippen LogP contribution in [0.25, 0.3) is 0 Å². The normalized spacial score (nSPS) is 20.7. The smallest absolute Gasteiger partial charge is 0.335 e. The van der Waals surface area contributed by atoms with E-state index in [-0.39, 0.29) is 12.0 Å². The molecule has 22 heavy (non-hydrogen) atoms. The van der Waals surface area contributed by atoms with Gasteiger partial charge in [-0.1, -0.05) is 13.8 Å². The first-order valence-electron chi connectivity index (χ1n) is 8.11. The zero-order valence-corrected chi connectivity index (χ0v) is 14.1. The van der Waals surface area contributed by atoms with E-state index in [0.29, 0.717) is 19.1 Å². The van der Waals surface area contributed by atoms with Crippen LogP contribution in [0, 0.1) is 5.92 Å². The van der Waals surface area contributed by atoms with Crippen molar-refractivity contribution in [3.8, 4) is 0 Å². The van der Waals surface area contributed by atoms with E-state index in [0.717, 1.165) is 25.9 Å². The van der Waals surface area contributed by atoms with Crippen LogP contribution in [0.5, 0.6) is 0 Å². The van der Waals surface area contributed by atoms with Crippen LogP contribution >= 0.6 is 0 Å². The molecule has 128 valence electrons. The van der Waals surface area contributed by atoms with Crippen LogP contribution in [-0.4, -0.2) is 49.9 Å². The number of hydrogen-bond donors (Lipinski definition) is 1. The Morgan fingerprint density at radius 3 is 2.55 bits per heavy atom. The van der Waals surface area contributed by atoms with Gasteiger partial charge in [0.25, 0.3) is 5.91 Å². The van der Waals surface area contributed by atoms with Gasteiger partial charge in [0.05, 0.1) is 12.7 Å². The van der Waals surface area contributed by atoms with Crippen LogP contribution in [0.4, 0.5) is 0 Å². The minimum absolute atomic E-state index is 0.0620. The summed E-state index contributed by atoms with van der Waals surface area (Å²) in [6.45, 7) is 9.08. The molecule has 0 bridgehead atoms. The Balaban J connectivity index is 2.21. The molecule has 1 aliphatic rings. The van der Waals surface area contributed by atoms with Gasteiger partial charge in [-0.25, -0.2) is 4.79 Å². The highest BCUT2D eigenvalue weighted by molar-refractivity contribution is 5.84. The van der Waals surface area contributed by atoms with E-state index >= 15 is 0 Å². The van der Waals surface area contributed by atoms with Crippen LogP contribution in [-0.2, 0) is 23.8 Å². The number of hydrogen-bond acceptors (Lipinski definition) is 5. The number of nitrogens with one attached hydrogen (secondary N) is 1. The second kappa shape index (κ2) is 9.79. The summed E-state index contributed by atoms with van der Waals surface area (Å²) in [5, 5.41) is 2.76. The lowest BCUT2D eigenvalue weighted by molar-refractivity contribution is -0.166. The topological polar surface area (TPSA) is 73.9 Å². The standard InChI is InChI=1S/C16H29NO5/c1-11(2)7-8-17-15(18)12(3)22-16(19)13(4)21-10-14-6-5-9-20-14/h11-14H,5-10H2,1-4H3,(H,17,18). The Morgan fingerprint density at radius 2 is 1.95 bits per heavy atom. The summed E-state index contributed by atoms with van der Waals surface area (Å²) >= 11 is 0. The molecule has 0 aromatic heterocycles. The quantitative estimate of drug-likeness (QED) is 0.655. The van der Waals surface area contributed by atoms with E-state index in [4.69, 9.17) is 14.2 Å². The van der Waals surface area contributed by atoms with Crippen LogP contribution in [0.1, 0.15) is 47.0 Å². The third kappa shape index (κ3) is 7.22. The maximum absolute atomic E-state index is 11.9. The van der Waals surface area contributed by atoms with Crippen LogP contribution in [0.15, 0.2) is 0 Å². The number of ether oxygens (including phenoxy) is 3. The second-order valence-electron chi connectivity index (χ2n) is 6.16. The monoisotopic (exact) mass is 315 g/mol. The zero-order chi connectivity index (χ0) is 16.5. The van der Waals surface area contributed by atoms with Gasteiger partial charge in [-0.05, 0) is 39.0 Å². The number of carbonyl (C=O) groups is 2. The molecule has 0 aromatic rings. The SMILES string of the molecule is CC(C)CCNC(=O)C(C)OC(=O)C(C)OCC1CCCO1. The third-order valence-electron chi connectivity index (χ3n) is 3.57. The average Bonchev–Trinajstić information content (AvgIpc) is 2.97. The van der Waals surface area contributed by atoms with Gasteiger partial charge < -0.3 is 19.5 Å². The van der Waals surface area contributed by atoms with Crippen LogP contribution in [0.3, 0.4) is 0 Å². The predicted molar refractivity (Wildman–Crippen MR) is 82.4 cm³/mol. The Hall–Kier alpha value is -1.14. The van der Waals surface area contributed by atoms with Crippen molar-refractivity contribution in [2.24, 2.45) is 5.92 Å². The molecule has 1 saturated heterocycles. The maximum atomic E-state index is 11.9. The molecule has 0 radical (unpaired) electrons. The van der Waals surface area contributed by atoms with Crippen LogP contribution in [0.2, 0.25) is 0 Å². The molecule has 0 spiro atoms. The summed E-state index contributed by atoms with van der Waals surface area (Å²) in [7, 11) is 0. The predicted octanol–water partition coefficient (Wildman–Crippen LogP) is 1.66. The van der Waals surface area contributed by atoms with Gasteiger partial charge >= 0.3 is 5.97 Å². The van der Waals surface area contributed by atoms with E-state index in [2.05, 4.69) is 19.2 Å². The summed E-state index contributed by atoms with van der Waals surface area (Å²) in [5.74, 6) is -0.283. The lowest BCUT2D eigenvalue weighted by atomic mass is 10.1. The molecular formula is C16H29NO5. The van der Waals surface area contributed by atoms with Gasteiger partial charge in [0.1, 0.15) is 0 Å². The molecule has 6 heteroatoms. The highest BCUT2D eigenvalue weighted by Crippen LogP contribution is 2.13. The average molecular weight is 315 g/mol. The van der Waals surface area contributed by atoms with Gasteiger partial charge in [0.15, 0.2) is 12.2 Å². The molecule has 0 saturated carbocycles. The molecule has 1 N–H and O–H groups in total. The van der Waals surface area contributed by atoms with E-state index < -0.39 is 18.2 Å². The fourth-order valence-electron chi connectivity index (χ4n) is 2.05. The minimum Gasteiger partial charge on any atom is -0.451 e. The largest absolute Gasteiger partial charge is 0.451 e. The van der Waals surface area contributed by atoms with Crippen molar-refractivity contribution in [1.82, 2.24) is 5.32 Å². The first kappa shape index (κ1) is 18.9. The molecule has 6 nitrogen and oxygen atoms in total. The summed E-state index contributed by atoms with van der Waals surface area (Å²) in [5.41, 5.74) is 0. The molecule has 1 rings (SSSR count). The molecule has 1 fully saturated rings. The van der Waals surface area contributed by atoms with Gasteiger partial charge in [0.2, 0.25) is 0 Å². The van der Waals surface area contributed by atoms with Crippen molar-refractivity contribution < 1.29 is 23.8 Å². The summed E-state index contributed by atoms with van der Waals surface area (Å²) in [4.78, 5) is 23.7. The lowest BCUT2D eigenvalue weighted by Gasteiger charge is -2.18. The van der Waals surface area contributed by atoms with Crippen LogP contribution < -0.4 is 5.32 Å². The Labute approximate surface area is 132 Å². The highest BCUT2D eigenvalue weighted by Gasteiger charge is 2.24. The first-order chi connectivity index (χ1) is 10.4. The molecule has 0 aliphatic carbocycles. The molecule has 3 unspecified atom stereocenters. The molecule has 1 amide bonds. The van der Waals surface area contributed by atoms with E-state index in [1.165, 1.54) is 0 Å². The number of amides is 1. The van der Waals surface area contributed by atoms with Crippen molar-refractivity contribution in [3.63, 3.8) is 0 Å². The number of carbonyl (C=O) groups excluding carboxylic acids is 2. The minimum atomic E-state index is -0.812. The summed E-state index contributed by atoms with van der Waals surface area (Å²) in [6, 6.07) is 0. The van der Waals surface area contributed by atoms with Crippen molar-refractivity contribution in [2.75, 3.05) is 19.8 Å². The summed E-state index contributed by atoms with van der Waals surface area (Å²) < 4.78 is 16.0. The zero-order valence-electron chi connectivity index (χ0n) is 14.1.